The maximum absolute atomic E-state index is 13.9. The monoisotopic (exact) mass is 439 g/mol. The van der Waals surface area contributed by atoms with Crippen LogP contribution in [0.5, 0.6) is 5.88 Å². The summed E-state index contributed by atoms with van der Waals surface area (Å²) in [5.41, 5.74) is 1.54. The fraction of sp³-hybridized carbons (Fsp3) is 0.286. The lowest BCUT2D eigenvalue weighted by Crippen LogP contribution is -2.37. The SMILES string of the molecule is COc1cc(-c2nc(N3CCOCC3)nc(-n3c(C(F)F)nc4ccccc43)n2)ccn1. The van der Waals surface area contributed by atoms with Crippen molar-refractivity contribution >= 4 is 17.0 Å². The van der Waals surface area contributed by atoms with Crippen molar-refractivity contribution in [3.63, 3.8) is 0 Å². The van der Waals surface area contributed by atoms with E-state index in [0.717, 1.165) is 0 Å². The normalized spacial score (nSPS) is 14.3. The molecule has 4 aromatic rings. The van der Waals surface area contributed by atoms with Crippen molar-refractivity contribution in [3.05, 3.63) is 48.4 Å². The second-order valence-electron chi connectivity index (χ2n) is 7.04. The summed E-state index contributed by atoms with van der Waals surface area (Å²) in [4.78, 5) is 23.9. The highest BCUT2D eigenvalue weighted by molar-refractivity contribution is 5.77. The molecule has 0 amide bonds. The van der Waals surface area contributed by atoms with Gasteiger partial charge >= 0.3 is 0 Å². The van der Waals surface area contributed by atoms with E-state index in [9.17, 15) is 8.78 Å². The molecular formula is C21H19F2N7O2. The number of ether oxygens (including phenoxy) is 2. The van der Waals surface area contributed by atoms with E-state index in [1.54, 1.807) is 42.6 Å². The molecule has 0 N–H and O–H groups in total. The number of rotatable bonds is 5. The largest absolute Gasteiger partial charge is 0.481 e. The fourth-order valence-corrected chi connectivity index (χ4v) is 3.55. The molecule has 1 aliphatic heterocycles. The summed E-state index contributed by atoms with van der Waals surface area (Å²) in [7, 11) is 1.51. The third-order valence-electron chi connectivity index (χ3n) is 5.09. The van der Waals surface area contributed by atoms with Gasteiger partial charge in [-0.15, -0.1) is 0 Å². The molecule has 1 aromatic carbocycles. The molecule has 0 unspecified atom stereocenters. The molecular weight excluding hydrogens is 420 g/mol. The Morgan fingerprint density at radius 1 is 1.00 bits per heavy atom. The molecule has 0 saturated carbocycles. The quantitative estimate of drug-likeness (QED) is 0.469. The van der Waals surface area contributed by atoms with Gasteiger partial charge in [-0.2, -0.15) is 15.0 Å². The maximum atomic E-state index is 13.9. The van der Waals surface area contributed by atoms with Crippen LogP contribution >= 0.6 is 0 Å². The van der Waals surface area contributed by atoms with E-state index in [1.807, 2.05) is 4.90 Å². The summed E-state index contributed by atoms with van der Waals surface area (Å²) in [6, 6.07) is 10.3. The van der Waals surface area contributed by atoms with Crippen LogP contribution in [0, 0.1) is 0 Å². The molecule has 11 heteroatoms. The van der Waals surface area contributed by atoms with Crippen LogP contribution in [0.4, 0.5) is 14.7 Å². The summed E-state index contributed by atoms with van der Waals surface area (Å²) in [5.74, 6) is 0.718. The zero-order chi connectivity index (χ0) is 22.1. The van der Waals surface area contributed by atoms with Gasteiger partial charge < -0.3 is 14.4 Å². The van der Waals surface area contributed by atoms with Crippen molar-refractivity contribution in [2.45, 2.75) is 6.43 Å². The first-order valence-electron chi connectivity index (χ1n) is 9.99. The molecule has 5 rings (SSSR count). The second kappa shape index (κ2) is 8.42. The number of hydrogen-bond acceptors (Lipinski definition) is 8. The van der Waals surface area contributed by atoms with Crippen LogP contribution in [0.25, 0.3) is 28.4 Å². The Morgan fingerprint density at radius 2 is 1.78 bits per heavy atom. The number of nitrogens with zero attached hydrogens (tertiary/aromatic N) is 7. The van der Waals surface area contributed by atoms with Gasteiger partial charge in [-0.25, -0.2) is 18.7 Å². The number of halogens is 2. The predicted molar refractivity (Wildman–Crippen MR) is 112 cm³/mol. The van der Waals surface area contributed by atoms with Gasteiger partial charge in [0.05, 0.1) is 31.4 Å². The van der Waals surface area contributed by atoms with Crippen LogP contribution in [0.15, 0.2) is 42.6 Å². The number of fused-ring (bicyclic) bond motifs is 1. The molecule has 164 valence electrons. The Hall–Kier alpha value is -3.73. The first kappa shape index (κ1) is 20.2. The number of imidazole rings is 1. The van der Waals surface area contributed by atoms with E-state index in [2.05, 4.69) is 24.9 Å². The molecule has 0 bridgehead atoms. The van der Waals surface area contributed by atoms with E-state index >= 15 is 0 Å². The minimum atomic E-state index is -2.81. The summed E-state index contributed by atoms with van der Waals surface area (Å²) >= 11 is 0. The highest BCUT2D eigenvalue weighted by atomic mass is 19.3. The van der Waals surface area contributed by atoms with Gasteiger partial charge in [0.2, 0.25) is 17.8 Å². The summed E-state index contributed by atoms with van der Waals surface area (Å²) < 4.78 is 39.8. The number of methoxy groups -OCH3 is 1. The highest BCUT2D eigenvalue weighted by Gasteiger charge is 2.24. The Morgan fingerprint density at radius 3 is 2.56 bits per heavy atom. The van der Waals surface area contributed by atoms with E-state index in [-0.39, 0.29) is 5.95 Å². The lowest BCUT2D eigenvalue weighted by Gasteiger charge is -2.27. The molecule has 1 saturated heterocycles. The minimum Gasteiger partial charge on any atom is -0.481 e. The van der Waals surface area contributed by atoms with Crippen LogP contribution in [-0.4, -0.2) is 62.9 Å². The van der Waals surface area contributed by atoms with E-state index < -0.39 is 12.2 Å². The van der Waals surface area contributed by atoms with Gasteiger partial charge in [-0.3, -0.25) is 4.57 Å². The number of benzene rings is 1. The average Bonchev–Trinajstić information content (AvgIpc) is 3.24. The third-order valence-corrected chi connectivity index (χ3v) is 5.09. The van der Waals surface area contributed by atoms with E-state index in [0.29, 0.717) is 60.6 Å². The number of hydrogen-bond donors (Lipinski definition) is 0. The molecule has 0 radical (unpaired) electrons. The van der Waals surface area contributed by atoms with Gasteiger partial charge in [0.15, 0.2) is 11.6 Å². The smallest absolute Gasteiger partial charge is 0.296 e. The summed E-state index contributed by atoms with van der Waals surface area (Å²) in [5, 5.41) is 0. The molecule has 0 atom stereocenters. The number of alkyl halides is 2. The Kier molecular flexibility index (Phi) is 5.31. The highest BCUT2D eigenvalue weighted by Crippen LogP contribution is 2.29. The first-order chi connectivity index (χ1) is 15.6. The number of morpholine rings is 1. The van der Waals surface area contributed by atoms with Crippen LogP contribution < -0.4 is 9.64 Å². The molecule has 1 fully saturated rings. The van der Waals surface area contributed by atoms with Gasteiger partial charge in [-0.05, 0) is 18.2 Å². The van der Waals surface area contributed by atoms with Crippen LogP contribution in [-0.2, 0) is 4.74 Å². The zero-order valence-corrected chi connectivity index (χ0v) is 17.2. The molecule has 0 spiro atoms. The van der Waals surface area contributed by atoms with Crippen molar-refractivity contribution in [1.29, 1.82) is 0 Å². The van der Waals surface area contributed by atoms with E-state index in [1.165, 1.54) is 11.7 Å². The Bertz CT molecular complexity index is 1260. The van der Waals surface area contributed by atoms with Crippen molar-refractivity contribution in [2.24, 2.45) is 0 Å². The van der Waals surface area contributed by atoms with Crippen molar-refractivity contribution in [3.8, 4) is 23.2 Å². The van der Waals surface area contributed by atoms with E-state index in [4.69, 9.17) is 9.47 Å². The standard InChI is InChI=1S/C21H19F2N7O2/c1-31-16-12-13(6-7-24-16)18-26-20(29-8-10-32-11-9-29)28-21(27-18)30-15-5-3-2-4-14(15)25-19(30)17(22)23/h2-7,12,17H,8-11H2,1H3. The molecule has 9 nitrogen and oxygen atoms in total. The van der Waals surface area contributed by atoms with Gasteiger partial charge in [0.25, 0.3) is 6.43 Å². The van der Waals surface area contributed by atoms with Gasteiger partial charge in [-0.1, -0.05) is 12.1 Å². The second-order valence-corrected chi connectivity index (χ2v) is 7.04. The van der Waals surface area contributed by atoms with Crippen LogP contribution in [0.2, 0.25) is 0 Å². The Labute approximate surface area is 181 Å². The minimum absolute atomic E-state index is 0.0660. The summed E-state index contributed by atoms with van der Waals surface area (Å²) in [6.45, 7) is 2.20. The van der Waals surface area contributed by atoms with Gasteiger partial charge in [0.1, 0.15) is 0 Å². The van der Waals surface area contributed by atoms with Crippen LogP contribution in [0.3, 0.4) is 0 Å². The van der Waals surface area contributed by atoms with Crippen molar-refractivity contribution in [2.75, 3.05) is 38.3 Å². The number of pyridine rings is 1. The van der Waals surface area contributed by atoms with Crippen molar-refractivity contribution < 1.29 is 18.3 Å². The summed E-state index contributed by atoms with van der Waals surface area (Å²) in [6.07, 6.45) is -1.24. The van der Waals surface area contributed by atoms with Crippen molar-refractivity contribution in [1.82, 2.24) is 29.5 Å². The molecule has 32 heavy (non-hydrogen) atoms. The first-order valence-corrected chi connectivity index (χ1v) is 9.99. The van der Waals surface area contributed by atoms with Gasteiger partial charge in [0, 0.05) is 30.9 Å². The maximum Gasteiger partial charge on any atom is 0.296 e. The number of anilines is 1. The number of para-hydroxylation sites is 2. The lowest BCUT2D eigenvalue weighted by molar-refractivity contribution is 0.122. The third kappa shape index (κ3) is 3.71. The zero-order valence-electron chi connectivity index (χ0n) is 17.2. The number of aromatic nitrogens is 6. The molecule has 0 aliphatic carbocycles. The lowest BCUT2D eigenvalue weighted by atomic mass is 10.2. The Balaban J connectivity index is 1.73. The average molecular weight is 439 g/mol. The molecule has 3 aromatic heterocycles. The fourth-order valence-electron chi connectivity index (χ4n) is 3.55. The van der Waals surface area contributed by atoms with Crippen LogP contribution in [0.1, 0.15) is 12.2 Å². The molecule has 4 heterocycles. The topological polar surface area (TPSA) is 91.1 Å². The molecule has 1 aliphatic rings. The predicted octanol–water partition coefficient (Wildman–Crippen LogP) is 3.06.